The largest absolute Gasteiger partial charge is 0.374 e. The van der Waals surface area contributed by atoms with E-state index in [0.717, 1.165) is 57.1 Å². The molecule has 10 unspecified atom stereocenters. The summed E-state index contributed by atoms with van der Waals surface area (Å²) in [5.41, 5.74) is 0.682. The van der Waals surface area contributed by atoms with E-state index in [1.807, 2.05) is 0 Å². The number of alkyl halides is 2. The first kappa shape index (κ1) is 17.0. The Hall–Kier alpha value is -0.770. The summed E-state index contributed by atoms with van der Waals surface area (Å²) in [6, 6.07) is 0. The molecule has 1 aliphatic heterocycles. The lowest BCUT2D eigenvalue weighted by Crippen LogP contribution is -2.56. The Balaban J connectivity index is 1.36. The Morgan fingerprint density at radius 2 is 1.86 bits per heavy atom. The highest BCUT2D eigenvalue weighted by Gasteiger charge is 2.83. The molecule has 0 aromatic heterocycles. The van der Waals surface area contributed by atoms with Gasteiger partial charge in [-0.1, -0.05) is 19.4 Å². The first-order chi connectivity index (χ1) is 13.3. The SMILES string of the molecule is CC12C(=CC(=O)C3CC31)C1C(C3C2CCC2(C)C3CCC23CCCO3)C1(F)F. The zero-order valence-corrected chi connectivity index (χ0v) is 16.8. The fourth-order valence-corrected chi connectivity index (χ4v) is 9.78. The van der Waals surface area contributed by atoms with Crippen LogP contribution >= 0.6 is 0 Å². The topological polar surface area (TPSA) is 26.3 Å². The number of carbonyl (C=O) groups is 1. The van der Waals surface area contributed by atoms with Gasteiger partial charge in [-0.3, -0.25) is 4.79 Å². The summed E-state index contributed by atoms with van der Waals surface area (Å²) in [5.74, 6) is -2.42. The molecule has 10 atom stereocenters. The van der Waals surface area contributed by atoms with Crippen LogP contribution in [0.3, 0.4) is 0 Å². The fraction of sp³-hybridized carbons (Fsp3) is 0.875. The van der Waals surface area contributed by atoms with Gasteiger partial charge >= 0.3 is 0 Å². The molecule has 4 heteroatoms. The number of rotatable bonds is 0. The van der Waals surface area contributed by atoms with Crippen molar-refractivity contribution in [2.45, 2.75) is 70.3 Å². The van der Waals surface area contributed by atoms with Crippen molar-refractivity contribution in [1.82, 2.24) is 0 Å². The maximum Gasteiger partial charge on any atom is 0.258 e. The summed E-state index contributed by atoms with van der Waals surface area (Å²) < 4.78 is 36.9. The van der Waals surface area contributed by atoms with Gasteiger partial charge in [0.05, 0.1) is 11.5 Å². The van der Waals surface area contributed by atoms with Crippen molar-refractivity contribution >= 4 is 5.78 Å². The molecule has 0 aromatic rings. The van der Waals surface area contributed by atoms with E-state index in [1.54, 1.807) is 6.08 Å². The van der Waals surface area contributed by atoms with Crippen LogP contribution in [0.25, 0.3) is 0 Å². The molecule has 1 spiro atoms. The van der Waals surface area contributed by atoms with Gasteiger partial charge in [-0.15, -0.1) is 0 Å². The van der Waals surface area contributed by atoms with Gasteiger partial charge in [0, 0.05) is 18.4 Å². The molecule has 1 heterocycles. The molecule has 5 saturated carbocycles. The lowest BCUT2D eigenvalue weighted by Gasteiger charge is -2.59. The lowest BCUT2D eigenvalue weighted by molar-refractivity contribution is -0.142. The summed E-state index contributed by atoms with van der Waals surface area (Å²) in [6.45, 7) is 5.48. The Morgan fingerprint density at radius 1 is 1.07 bits per heavy atom. The molecular formula is C24H30F2O2. The number of fused-ring (bicyclic) bond motifs is 11. The van der Waals surface area contributed by atoms with Crippen LogP contribution in [0.1, 0.15) is 58.8 Å². The van der Waals surface area contributed by atoms with Gasteiger partial charge < -0.3 is 4.74 Å². The van der Waals surface area contributed by atoms with Crippen LogP contribution in [0, 0.1) is 52.3 Å². The van der Waals surface area contributed by atoms with Gasteiger partial charge in [0.15, 0.2) is 5.78 Å². The molecule has 0 bridgehead atoms. The molecule has 152 valence electrons. The standard InChI is InChI=1S/C24H30F2O2/c1-21-7-4-14-18(13(21)5-8-23(21)6-3-9-28-23)20-19(24(20,25)26)16-11-17(27)12-10-15(12)22(14,16)2/h11-15,18-20H,3-10H2,1-2H3. The van der Waals surface area contributed by atoms with Crippen LogP contribution in [0.4, 0.5) is 8.78 Å². The van der Waals surface area contributed by atoms with Crippen molar-refractivity contribution in [3.8, 4) is 0 Å². The second kappa shape index (κ2) is 4.60. The van der Waals surface area contributed by atoms with Gasteiger partial charge in [0.1, 0.15) is 0 Å². The van der Waals surface area contributed by atoms with Crippen molar-refractivity contribution in [3.05, 3.63) is 11.6 Å². The minimum atomic E-state index is -2.61. The third-order valence-corrected chi connectivity index (χ3v) is 11.2. The number of halogens is 2. The van der Waals surface area contributed by atoms with Crippen molar-refractivity contribution in [3.63, 3.8) is 0 Å². The molecule has 7 rings (SSSR count). The summed E-state index contributed by atoms with van der Waals surface area (Å²) in [5, 5.41) is 0. The number of carbonyl (C=O) groups excluding carboxylic acids is 1. The fourth-order valence-electron chi connectivity index (χ4n) is 9.78. The Kier molecular flexibility index (Phi) is 2.79. The first-order valence-corrected chi connectivity index (χ1v) is 11.5. The second-order valence-corrected chi connectivity index (χ2v) is 11.6. The quantitative estimate of drug-likeness (QED) is 0.582. The van der Waals surface area contributed by atoms with Crippen molar-refractivity contribution in [2.75, 3.05) is 6.61 Å². The molecule has 6 aliphatic carbocycles. The second-order valence-electron chi connectivity index (χ2n) is 11.6. The van der Waals surface area contributed by atoms with Gasteiger partial charge in [-0.2, -0.15) is 0 Å². The average molecular weight is 388 g/mol. The molecule has 7 aliphatic rings. The minimum Gasteiger partial charge on any atom is -0.374 e. The van der Waals surface area contributed by atoms with E-state index in [0.29, 0.717) is 17.8 Å². The van der Waals surface area contributed by atoms with Crippen LogP contribution in [-0.2, 0) is 9.53 Å². The summed E-state index contributed by atoms with van der Waals surface area (Å²) in [4.78, 5) is 12.4. The maximum atomic E-state index is 15.2. The third-order valence-electron chi connectivity index (χ3n) is 11.2. The summed E-state index contributed by atoms with van der Waals surface area (Å²) in [6.07, 6.45) is 9.11. The van der Waals surface area contributed by atoms with Gasteiger partial charge in [0.25, 0.3) is 5.92 Å². The predicted octanol–water partition coefficient (Wildman–Crippen LogP) is 5.02. The molecule has 6 fully saturated rings. The van der Waals surface area contributed by atoms with Crippen molar-refractivity contribution in [2.24, 2.45) is 52.3 Å². The normalized spacial score (nSPS) is 62.4. The highest BCUT2D eigenvalue weighted by atomic mass is 19.3. The van der Waals surface area contributed by atoms with E-state index >= 15 is 8.78 Å². The van der Waals surface area contributed by atoms with E-state index in [4.69, 9.17) is 4.74 Å². The molecule has 28 heavy (non-hydrogen) atoms. The molecule has 2 nitrogen and oxygen atoms in total. The van der Waals surface area contributed by atoms with Crippen LogP contribution in [0.2, 0.25) is 0 Å². The van der Waals surface area contributed by atoms with E-state index in [2.05, 4.69) is 13.8 Å². The Bertz CT molecular complexity index is 826. The van der Waals surface area contributed by atoms with Crippen LogP contribution in [-0.4, -0.2) is 23.9 Å². The minimum absolute atomic E-state index is 0.0516. The van der Waals surface area contributed by atoms with Gasteiger partial charge in [-0.25, -0.2) is 8.78 Å². The number of hydrogen-bond donors (Lipinski definition) is 0. The summed E-state index contributed by atoms with van der Waals surface area (Å²) >= 11 is 0. The zero-order valence-electron chi connectivity index (χ0n) is 16.8. The predicted molar refractivity (Wildman–Crippen MR) is 99.7 cm³/mol. The van der Waals surface area contributed by atoms with E-state index in [9.17, 15) is 4.79 Å². The average Bonchev–Trinajstić information content (AvgIpc) is 3.45. The molecular weight excluding hydrogens is 358 g/mol. The van der Waals surface area contributed by atoms with Crippen molar-refractivity contribution < 1.29 is 18.3 Å². The molecule has 0 radical (unpaired) electrons. The molecule has 0 N–H and O–H groups in total. The van der Waals surface area contributed by atoms with E-state index in [-0.39, 0.29) is 34.1 Å². The molecule has 0 aromatic carbocycles. The van der Waals surface area contributed by atoms with Crippen LogP contribution < -0.4 is 0 Å². The molecule has 0 amide bonds. The van der Waals surface area contributed by atoms with Gasteiger partial charge in [-0.05, 0) is 85.5 Å². The van der Waals surface area contributed by atoms with Gasteiger partial charge in [0.2, 0.25) is 0 Å². The number of allylic oxidation sites excluding steroid dienone is 1. The van der Waals surface area contributed by atoms with Crippen LogP contribution in [0.5, 0.6) is 0 Å². The lowest BCUT2D eigenvalue weighted by atomic mass is 9.46. The first-order valence-electron chi connectivity index (χ1n) is 11.5. The Morgan fingerprint density at radius 3 is 2.61 bits per heavy atom. The smallest absolute Gasteiger partial charge is 0.258 e. The van der Waals surface area contributed by atoms with E-state index < -0.39 is 17.8 Å². The maximum absolute atomic E-state index is 15.2. The number of ketones is 1. The van der Waals surface area contributed by atoms with Crippen molar-refractivity contribution in [1.29, 1.82) is 0 Å². The number of ether oxygens (including phenoxy) is 1. The van der Waals surface area contributed by atoms with E-state index in [1.165, 1.54) is 0 Å². The summed E-state index contributed by atoms with van der Waals surface area (Å²) in [7, 11) is 0. The Labute approximate surface area is 165 Å². The van der Waals surface area contributed by atoms with Crippen LogP contribution in [0.15, 0.2) is 11.6 Å². The zero-order chi connectivity index (χ0) is 19.3. The molecule has 1 saturated heterocycles. The highest BCUT2D eigenvalue weighted by Crippen LogP contribution is 2.82. The number of hydrogen-bond acceptors (Lipinski definition) is 2. The highest BCUT2D eigenvalue weighted by molar-refractivity contribution is 5.96. The third kappa shape index (κ3) is 1.57. The monoisotopic (exact) mass is 388 g/mol.